The molecule has 0 unspecified atom stereocenters. The Labute approximate surface area is 253 Å². The molecule has 8 rings (SSSR count). The molecule has 0 spiro atoms. The van der Waals surface area contributed by atoms with Crippen LogP contribution >= 0.6 is 8.16 Å². The Morgan fingerprint density at radius 2 is 0.977 bits per heavy atom. The van der Waals surface area contributed by atoms with Crippen molar-refractivity contribution in [3.8, 4) is 0 Å². The molecule has 1 aliphatic rings. The van der Waals surface area contributed by atoms with Gasteiger partial charge in [0.1, 0.15) is 11.2 Å². The van der Waals surface area contributed by atoms with Crippen LogP contribution in [0.1, 0.15) is 49.3 Å². The minimum absolute atomic E-state index is 0.00234. The molecule has 0 radical (unpaired) electrons. The van der Waals surface area contributed by atoms with Gasteiger partial charge < -0.3 is 8.39 Å². The summed E-state index contributed by atoms with van der Waals surface area (Å²) in [6.45, 7) is 0. The first-order chi connectivity index (χ1) is 21.3. The van der Waals surface area contributed by atoms with E-state index in [4.69, 9.17) is 8.39 Å². The molecule has 0 bridgehead atoms. The smallest absolute Gasteiger partial charge is 0.310 e. The predicted octanol–water partition coefficient (Wildman–Crippen LogP) is 11.7. The van der Waals surface area contributed by atoms with Crippen molar-refractivity contribution in [2.45, 2.75) is 44.2 Å². The Kier molecular flexibility index (Phi) is 6.99. The van der Waals surface area contributed by atoms with Gasteiger partial charge in [-0.1, -0.05) is 141 Å². The van der Waals surface area contributed by atoms with E-state index in [1.165, 1.54) is 51.9 Å². The van der Waals surface area contributed by atoms with Gasteiger partial charge in [0.2, 0.25) is 0 Å². The van der Waals surface area contributed by atoms with E-state index in [9.17, 15) is 0 Å². The number of fused-ring (bicyclic) bond motifs is 7. The summed E-state index contributed by atoms with van der Waals surface area (Å²) in [6.07, 6.45) is 6.01. The molecule has 1 heterocycles. The molecule has 0 aliphatic heterocycles. The Bertz CT molecular complexity index is 1940. The molecule has 0 saturated heterocycles. The summed E-state index contributed by atoms with van der Waals surface area (Å²) in [5, 5.41) is 7.01. The van der Waals surface area contributed by atoms with Gasteiger partial charge in [-0.2, -0.15) is 4.67 Å². The van der Waals surface area contributed by atoms with E-state index >= 15 is 0 Å². The fraction of sp³-hybridized carbons (Fsp3) is 0.179. The molecule has 0 atom stereocenters. The first-order valence-electron chi connectivity index (χ1n) is 15.4. The van der Waals surface area contributed by atoms with Crippen LogP contribution in [-0.4, -0.2) is 6.04 Å². The van der Waals surface area contributed by atoms with Crippen molar-refractivity contribution in [2.24, 2.45) is 0 Å². The first kappa shape index (κ1) is 26.3. The Balaban J connectivity index is 1.49. The van der Waals surface area contributed by atoms with E-state index in [0.29, 0.717) is 6.04 Å². The maximum absolute atomic E-state index is 7.20. The van der Waals surface area contributed by atoms with Crippen LogP contribution in [0.15, 0.2) is 142 Å². The van der Waals surface area contributed by atoms with Gasteiger partial charge in [-0.3, -0.25) is 0 Å². The van der Waals surface area contributed by atoms with E-state index in [1.807, 2.05) is 0 Å². The van der Waals surface area contributed by atoms with Crippen molar-refractivity contribution in [3.05, 3.63) is 145 Å². The van der Waals surface area contributed by atoms with E-state index in [2.05, 4.69) is 138 Å². The third-order valence-electron chi connectivity index (χ3n) is 9.02. The summed E-state index contributed by atoms with van der Waals surface area (Å²) in [6, 6.07) is 48.1. The molecule has 6 aromatic carbocycles. The van der Waals surface area contributed by atoms with E-state index < -0.39 is 8.16 Å². The summed E-state index contributed by atoms with van der Waals surface area (Å²) < 4.78 is 17.0. The van der Waals surface area contributed by atoms with Crippen molar-refractivity contribution in [2.75, 3.05) is 4.67 Å². The van der Waals surface area contributed by atoms with Gasteiger partial charge >= 0.3 is 8.16 Å². The lowest BCUT2D eigenvalue weighted by molar-refractivity contribution is 0.406. The van der Waals surface area contributed by atoms with Crippen LogP contribution < -0.4 is 4.67 Å². The Hall–Kier alpha value is -4.30. The van der Waals surface area contributed by atoms with Gasteiger partial charge in [-0.15, -0.1) is 0 Å². The number of hydrogen-bond donors (Lipinski definition) is 0. The largest absolute Gasteiger partial charge is 0.408 e. The van der Waals surface area contributed by atoms with Gasteiger partial charge in [0.15, 0.2) is 0 Å². The van der Waals surface area contributed by atoms with Crippen LogP contribution in [0, 0.1) is 0 Å². The minimum atomic E-state index is -1.52. The molecule has 7 aromatic rings. The van der Waals surface area contributed by atoms with E-state index in [1.54, 1.807) is 0 Å². The zero-order valence-electron chi connectivity index (χ0n) is 24.1. The highest BCUT2D eigenvalue weighted by Gasteiger charge is 2.35. The Morgan fingerprint density at radius 3 is 1.49 bits per heavy atom. The fourth-order valence-corrected chi connectivity index (χ4v) is 8.82. The highest BCUT2D eigenvalue weighted by Crippen LogP contribution is 2.48. The van der Waals surface area contributed by atoms with E-state index in [-0.39, 0.29) is 6.04 Å². The summed E-state index contributed by atoms with van der Waals surface area (Å²) in [5.41, 5.74) is 4.30. The zero-order chi connectivity index (χ0) is 28.6. The summed E-state index contributed by atoms with van der Waals surface area (Å²) in [7, 11) is -1.52. The highest BCUT2D eigenvalue weighted by atomic mass is 31.1. The second kappa shape index (κ2) is 11.4. The standard InChI is InChI=1S/C39H34NO2P/c1-4-16-30(17-5-1)39(31-18-6-2-7-19-31)40(32-20-8-3-9-21-32)43-41-35-26-24-28-14-10-12-22-33(28)37(35)38-34-23-13-11-15-29(34)25-27-36(38)42-43/h1-2,4-7,10-19,22-27,32,39H,3,8-9,20-21H2. The van der Waals surface area contributed by atoms with Crippen molar-refractivity contribution in [3.63, 3.8) is 0 Å². The molecule has 4 heteroatoms. The Morgan fingerprint density at radius 1 is 0.512 bits per heavy atom. The normalized spacial score (nSPS) is 14.4. The van der Waals surface area contributed by atoms with Gasteiger partial charge in [-0.25, -0.2) is 0 Å². The van der Waals surface area contributed by atoms with E-state index in [0.717, 1.165) is 34.8 Å². The summed E-state index contributed by atoms with van der Waals surface area (Å²) >= 11 is 0. The van der Waals surface area contributed by atoms with Crippen LogP contribution in [0.5, 0.6) is 0 Å². The second-order valence-corrected chi connectivity index (χ2v) is 12.9. The molecule has 43 heavy (non-hydrogen) atoms. The van der Waals surface area contributed by atoms with Crippen LogP contribution in [0.4, 0.5) is 0 Å². The molecule has 1 saturated carbocycles. The lowest BCUT2D eigenvalue weighted by atomic mass is 9.92. The monoisotopic (exact) mass is 579 g/mol. The number of hydrogen-bond acceptors (Lipinski definition) is 3. The molecule has 212 valence electrons. The quantitative estimate of drug-likeness (QED) is 0.203. The predicted molar refractivity (Wildman–Crippen MR) is 181 cm³/mol. The lowest BCUT2D eigenvalue weighted by Gasteiger charge is -2.37. The molecule has 0 N–H and O–H groups in total. The third kappa shape index (κ3) is 4.83. The summed E-state index contributed by atoms with van der Waals surface area (Å²) in [5.74, 6) is 0. The van der Waals surface area contributed by atoms with Crippen molar-refractivity contribution in [1.82, 2.24) is 0 Å². The minimum Gasteiger partial charge on any atom is -0.408 e. The average Bonchev–Trinajstić information content (AvgIpc) is 3.25. The summed E-state index contributed by atoms with van der Waals surface area (Å²) in [4.78, 5) is 0. The molecular weight excluding hydrogens is 545 g/mol. The third-order valence-corrected chi connectivity index (χ3v) is 10.7. The molecular formula is C39H34NO2P. The molecule has 1 aliphatic carbocycles. The molecule has 1 aromatic heterocycles. The van der Waals surface area contributed by atoms with Gasteiger partial charge in [0.25, 0.3) is 0 Å². The van der Waals surface area contributed by atoms with Crippen LogP contribution in [0.3, 0.4) is 0 Å². The van der Waals surface area contributed by atoms with Crippen molar-refractivity contribution >= 4 is 51.6 Å². The molecule has 1 fully saturated rings. The fourth-order valence-electron chi connectivity index (χ4n) is 7.00. The molecule has 3 nitrogen and oxygen atoms in total. The average molecular weight is 580 g/mol. The number of benzene rings is 6. The van der Waals surface area contributed by atoms with Gasteiger partial charge in [-0.05, 0) is 57.6 Å². The topological polar surface area (TPSA) is 29.5 Å². The lowest BCUT2D eigenvalue weighted by Crippen LogP contribution is -2.38. The van der Waals surface area contributed by atoms with Gasteiger partial charge in [0, 0.05) is 16.8 Å². The second-order valence-electron chi connectivity index (χ2n) is 11.6. The maximum Gasteiger partial charge on any atom is 0.310 e. The van der Waals surface area contributed by atoms with Crippen LogP contribution in [0.2, 0.25) is 0 Å². The molecule has 0 amide bonds. The van der Waals surface area contributed by atoms with Crippen molar-refractivity contribution < 1.29 is 8.39 Å². The first-order valence-corrected chi connectivity index (χ1v) is 16.6. The zero-order valence-corrected chi connectivity index (χ0v) is 25.0. The van der Waals surface area contributed by atoms with Crippen LogP contribution in [0.25, 0.3) is 43.5 Å². The number of nitrogens with zero attached hydrogens (tertiary/aromatic N) is 1. The highest BCUT2D eigenvalue weighted by molar-refractivity contribution is 7.39. The SMILES string of the molecule is c1ccc(C(c2ccccc2)N(C2CCCCC2)p2oc3ccc4ccccc4c3c3c(ccc4ccccc43)o2)cc1. The maximum atomic E-state index is 7.20. The van der Waals surface area contributed by atoms with Crippen LogP contribution in [-0.2, 0) is 0 Å². The van der Waals surface area contributed by atoms with Crippen molar-refractivity contribution in [1.29, 1.82) is 0 Å². The van der Waals surface area contributed by atoms with Gasteiger partial charge in [0.05, 0.1) is 6.04 Å². The number of rotatable bonds is 5.